The number of hydrogen-bond acceptors (Lipinski definition) is 5. The highest BCUT2D eigenvalue weighted by atomic mass is 16.6. The first-order chi connectivity index (χ1) is 9.72. The van der Waals surface area contributed by atoms with Crippen molar-refractivity contribution in [3.8, 4) is 6.07 Å². The average molecular weight is 268 g/mol. The number of nitrogens with one attached hydrogen (secondary N) is 1. The first-order valence-electron chi connectivity index (χ1n) is 5.97. The normalized spacial score (nSPS) is 11.6. The number of benzene rings is 1. The molecule has 0 aliphatic rings. The quantitative estimate of drug-likeness (QED) is 0.663. The number of pyridine rings is 1. The number of nitriles is 1. The number of nitro benzene ring substituents is 1. The van der Waals surface area contributed by atoms with Crippen molar-refractivity contribution < 1.29 is 4.92 Å². The molecule has 1 aromatic heterocycles. The van der Waals surface area contributed by atoms with E-state index in [2.05, 4.69) is 10.3 Å². The van der Waals surface area contributed by atoms with Gasteiger partial charge in [0.25, 0.3) is 5.69 Å². The molecule has 1 unspecified atom stereocenters. The van der Waals surface area contributed by atoms with Gasteiger partial charge in [0.1, 0.15) is 6.04 Å². The van der Waals surface area contributed by atoms with Crippen molar-refractivity contribution in [3.63, 3.8) is 0 Å². The fourth-order valence-electron chi connectivity index (χ4n) is 1.85. The zero-order chi connectivity index (χ0) is 14.4. The second kappa shape index (κ2) is 6.41. The van der Waals surface area contributed by atoms with Gasteiger partial charge in [-0.1, -0.05) is 18.2 Å². The third-order valence-corrected chi connectivity index (χ3v) is 2.81. The Balaban J connectivity index is 2.17. The minimum absolute atomic E-state index is 0.0577. The van der Waals surface area contributed by atoms with Crippen molar-refractivity contribution in [2.24, 2.45) is 0 Å². The van der Waals surface area contributed by atoms with E-state index in [1.807, 2.05) is 12.1 Å². The number of hydrogen-bond donors (Lipinski definition) is 1. The zero-order valence-electron chi connectivity index (χ0n) is 10.6. The Hall–Kier alpha value is -2.78. The van der Waals surface area contributed by atoms with Crippen molar-refractivity contribution in [2.75, 3.05) is 0 Å². The van der Waals surface area contributed by atoms with Crippen molar-refractivity contribution in [1.29, 1.82) is 5.26 Å². The van der Waals surface area contributed by atoms with Crippen LogP contribution in [0.4, 0.5) is 5.69 Å². The molecule has 0 saturated carbocycles. The molecule has 0 spiro atoms. The average Bonchev–Trinajstić information content (AvgIpc) is 2.49. The lowest BCUT2D eigenvalue weighted by Crippen LogP contribution is -2.20. The summed E-state index contributed by atoms with van der Waals surface area (Å²) in [6.45, 7) is 0.415. The molecule has 0 aliphatic carbocycles. The summed E-state index contributed by atoms with van der Waals surface area (Å²) in [6.07, 6.45) is 3.34. The summed E-state index contributed by atoms with van der Waals surface area (Å²) in [4.78, 5) is 14.5. The fraction of sp³-hybridized carbons (Fsp3) is 0.143. The van der Waals surface area contributed by atoms with Crippen LogP contribution < -0.4 is 5.32 Å². The van der Waals surface area contributed by atoms with E-state index < -0.39 is 11.0 Å². The van der Waals surface area contributed by atoms with Gasteiger partial charge in [0, 0.05) is 25.0 Å². The molecule has 6 nitrogen and oxygen atoms in total. The predicted molar refractivity (Wildman–Crippen MR) is 72.5 cm³/mol. The van der Waals surface area contributed by atoms with Crippen LogP contribution in [0.15, 0.2) is 48.8 Å². The van der Waals surface area contributed by atoms with Crippen LogP contribution in [0.1, 0.15) is 17.2 Å². The van der Waals surface area contributed by atoms with Gasteiger partial charge in [0.15, 0.2) is 0 Å². The first-order valence-corrected chi connectivity index (χ1v) is 5.97. The minimum Gasteiger partial charge on any atom is -0.294 e. The number of nitrogens with zero attached hydrogens (tertiary/aromatic N) is 3. The van der Waals surface area contributed by atoms with Gasteiger partial charge in [-0.3, -0.25) is 20.4 Å². The highest BCUT2D eigenvalue weighted by Gasteiger charge is 2.20. The molecule has 2 aromatic rings. The molecule has 0 bridgehead atoms. The monoisotopic (exact) mass is 268 g/mol. The summed E-state index contributed by atoms with van der Waals surface area (Å²) >= 11 is 0. The van der Waals surface area contributed by atoms with E-state index in [-0.39, 0.29) is 5.69 Å². The summed E-state index contributed by atoms with van der Waals surface area (Å²) in [5.41, 5.74) is 1.22. The Morgan fingerprint density at radius 1 is 1.35 bits per heavy atom. The van der Waals surface area contributed by atoms with Gasteiger partial charge in [0.2, 0.25) is 0 Å². The van der Waals surface area contributed by atoms with Gasteiger partial charge in [-0.25, -0.2) is 0 Å². The van der Waals surface area contributed by atoms with E-state index in [4.69, 9.17) is 0 Å². The summed E-state index contributed by atoms with van der Waals surface area (Å²) in [6, 6.07) is 11.2. The molecular weight excluding hydrogens is 256 g/mol. The van der Waals surface area contributed by atoms with E-state index >= 15 is 0 Å². The molecule has 1 heterocycles. The highest BCUT2D eigenvalue weighted by molar-refractivity contribution is 5.44. The molecule has 0 aliphatic heterocycles. The van der Waals surface area contributed by atoms with Crippen LogP contribution >= 0.6 is 0 Å². The molecule has 1 atom stereocenters. The molecule has 1 N–H and O–H groups in total. The second-order valence-electron chi connectivity index (χ2n) is 4.12. The van der Waals surface area contributed by atoms with Gasteiger partial charge in [0.05, 0.1) is 16.6 Å². The van der Waals surface area contributed by atoms with Crippen molar-refractivity contribution in [1.82, 2.24) is 10.3 Å². The van der Waals surface area contributed by atoms with E-state index in [9.17, 15) is 15.4 Å². The SMILES string of the molecule is N#CC(NCc1cccnc1)c1ccccc1[N+](=O)[O-]. The first kappa shape index (κ1) is 13.6. The maximum atomic E-state index is 11.0. The van der Waals surface area contributed by atoms with E-state index in [0.717, 1.165) is 5.56 Å². The van der Waals surface area contributed by atoms with Crippen LogP contribution in [0.3, 0.4) is 0 Å². The summed E-state index contributed by atoms with van der Waals surface area (Å²) in [5.74, 6) is 0. The van der Waals surface area contributed by atoms with Crippen LogP contribution in [-0.2, 0) is 6.54 Å². The van der Waals surface area contributed by atoms with Crippen LogP contribution in [0, 0.1) is 21.4 Å². The molecule has 6 heteroatoms. The lowest BCUT2D eigenvalue weighted by Gasteiger charge is -2.11. The largest absolute Gasteiger partial charge is 0.294 e. The molecule has 1 aromatic carbocycles. The summed E-state index contributed by atoms with van der Waals surface area (Å²) < 4.78 is 0. The number of para-hydroxylation sites is 1. The molecular formula is C14H12N4O2. The van der Waals surface area contributed by atoms with E-state index in [1.165, 1.54) is 6.07 Å². The topological polar surface area (TPSA) is 91.8 Å². The standard InChI is InChI=1S/C14H12N4O2/c15-8-13(17-10-11-4-3-7-16-9-11)12-5-1-2-6-14(12)18(19)20/h1-7,9,13,17H,10H2. The van der Waals surface area contributed by atoms with Crippen molar-refractivity contribution in [2.45, 2.75) is 12.6 Å². The minimum atomic E-state index is -0.739. The van der Waals surface area contributed by atoms with Crippen LogP contribution in [-0.4, -0.2) is 9.91 Å². The van der Waals surface area contributed by atoms with E-state index in [1.54, 1.807) is 36.7 Å². The third kappa shape index (κ3) is 3.16. The number of aromatic nitrogens is 1. The van der Waals surface area contributed by atoms with Crippen LogP contribution in [0.25, 0.3) is 0 Å². The molecule has 0 radical (unpaired) electrons. The lowest BCUT2D eigenvalue weighted by atomic mass is 10.1. The third-order valence-electron chi connectivity index (χ3n) is 2.81. The highest BCUT2D eigenvalue weighted by Crippen LogP contribution is 2.24. The second-order valence-corrected chi connectivity index (χ2v) is 4.12. The Kier molecular flexibility index (Phi) is 4.37. The Morgan fingerprint density at radius 3 is 2.80 bits per heavy atom. The Labute approximate surface area is 115 Å². The molecule has 0 amide bonds. The zero-order valence-corrected chi connectivity index (χ0v) is 10.6. The van der Waals surface area contributed by atoms with Gasteiger partial charge >= 0.3 is 0 Å². The Morgan fingerprint density at radius 2 is 2.15 bits per heavy atom. The van der Waals surface area contributed by atoms with Gasteiger partial charge in [-0.2, -0.15) is 5.26 Å². The fourth-order valence-corrected chi connectivity index (χ4v) is 1.85. The molecule has 100 valence electrons. The van der Waals surface area contributed by atoms with Crippen molar-refractivity contribution >= 4 is 5.69 Å². The summed E-state index contributed by atoms with van der Waals surface area (Å²) in [5, 5.41) is 23.2. The van der Waals surface area contributed by atoms with Crippen molar-refractivity contribution in [3.05, 3.63) is 70.0 Å². The Bertz CT molecular complexity index is 637. The van der Waals surface area contributed by atoms with Gasteiger partial charge in [-0.05, 0) is 17.7 Å². The van der Waals surface area contributed by atoms with Gasteiger partial charge < -0.3 is 0 Å². The maximum Gasteiger partial charge on any atom is 0.275 e. The van der Waals surface area contributed by atoms with Crippen LogP contribution in [0.2, 0.25) is 0 Å². The lowest BCUT2D eigenvalue weighted by molar-refractivity contribution is -0.385. The molecule has 0 saturated heterocycles. The van der Waals surface area contributed by atoms with Gasteiger partial charge in [-0.15, -0.1) is 0 Å². The van der Waals surface area contributed by atoms with Crippen LogP contribution in [0.5, 0.6) is 0 Å². The molecule has 2 rings (SSSR count). The number of rotatable bonds is 5. The maximum absolute atomic E-state index is 11.0. The summed E-state index contributed by atoms with van der Waals surface area (Å²) in [7, 11) is 0. The molecule has 0 fully saturated rings. The molecule has 20 heavy (non-hydrogen) atoms. The van der Waals surface area contributed by atoms with E-state index in [0.29, 0.717) is 12.1 Å². The number of nitro groups is 1. The predicted octanol–water partition coefficient (Wildman–Crippen LogP) is 2.34. The smallest absolute Gasteiger partial charge is 0.275 e.